The van der Waals surface area contributed by atoms with Gasteiger partial charge in [-0.2, -0.15) is 9.78 Å². The average molecular weight is 427 g/mol. The number of tetrazole rings is 1. The maximum absolute atomic E-state index is 14.3. The van der Waals surface area contributed by atoms with Gasteiger partial charge in [-0.1, -0.05) is 0 Å². The van der Waals surface area contributed by atoms with E-state index in [0.717, 1.165) is 12.1 Å². The SMILES string of the molecule is Cc1nn(-c2ccc(F)cc2F)c(C)c1C(=O)Nc1ccc(F)c(-n2nnnc2C)c1. The van der Waals surface area contributed by atoms with Crippen molar-refractivity contribution < 1.29 is 18.0 Å². The Balaban J connectivity index is 1.67. The van der Waals surface area contributed by atoms with Crippen LogP contribution >= 0.6 is 0 Å². The van der Waals surface area contributed by atoms with E-state index in [2.05, 4.69) is 25.9 Å². The van der Waals surface area contributed by atoms with Gasteiger partial charge in [-0.25, -0.2) is 17.9 Å². The topological polar surface area (TPSA) is 90.5 Å². The summed E-state index contributed by atoms with van der Waals surface area (Å²) in [4.78, 5) is 12.9. The molecule has 0 fully saturated rings. The molecule has 0 atom stereocenters. The summed E-state index contributed by atoms with van der Waals surface area (Å²) in [6.07, 6.45) is 0. The fourth-order valence-electron chi connectivity index (χ4n) is 3.26. The van der Waals surface area contributed by atoms with E-state index in [0.29, 0.717) is 22.9 Å². The molecule has 1 amide bonds. The van der Waals surface area contributed by atoms with Crippen LogP contribution in [0.1, 0.15) is 27.6 Å². The number of nitrogens with one attached hydrogen (secondary N) is 1. The Morgan fingerprint density at radius 3 is 2.39 bits per heavy atom. The van der Waals surface area contributed by atoms with Crippen LogP contribution in [0, 0.1) is 38.2 Å². The number of aryl methyl sites for hydroxylation is 2. The Morgan fingerprint density at radius 2 is 1.71 bits per heavy atom. The predicted octanol–water partition coefficient (Wildman–Crippen LogP) is 3.44. The number of hydrogen-bond acceptors (Lipinski definition) is 5. The number of carbonyl (C=O) groups is 1. The highest BCUT2D eigenvalue weighted by Gasteiger charge is 2.22. The third-order valence-electron chi connectivity index (χ3n) is 4.71. The highest BCUT2D eigenvalue weighted by atomic mass is 19.1. The molecule has 11 heteroatoms. The summed E-state index contributed by atoms with van der Waals surface area (Å²) >= 11 is 0. The van der Waals surface area contributed by atoms with Gasteiger partial charge >= 0.3 is 0 Å². The molecular weight excluding hydrogens is 411 g/mol. The molecule has 31 heavy (non-hydrogen) atoms. The second-order valence-corrected chi connectivity index (χ2v) is 6.81. The molecule has 2 aromatic heterocycles. The summed E-state index contributed by atoms with van der Waals surface area (Å²) in [6.45, 7) is 4.80. The van der Waals surface area contributed by atoms with Gasteiger partial charge in [0, 0.05) is 11.8 Å². The number of aromatic nitrogens is 6. The number of carbonyl (C=O) groups excluding carboxylic acids is 1. The average Bonchev–Trinajstić information content (AvgIpc) is 3.26. The number of anilines is 1. The summed E-state index contributed by atoms with van der Waals surface area (Å²) in [6, 6.07) is 7.06. The minimum atomic E-state index is -0.808. The molecule has 4 rings (SSSR count). The first-order valence-corrected chi connectivity index (χ1v) is 9.14. The zero-order valence-electron chi connectivity index (χ0n) is 16.7. The monoisotopic (exact) mass is 427 g/mol. The molecule has 0 aliphatic heterocycles. The molecule has 4 aromatic rings. The first-order chi connectivity index (χ1) is 14.8. The molecule has 0 unspecified atom stereocenters. The highest BCUT2D eigenvalue weighted by molar-refractivity contribution is 6.06. The van der Waals surface area contributed by atoms with Crippen LogP contribution in [0.3, 0.4) is 0 Å². The molecule has 0 saturated carbocycles. The molecule has 2 aromatic carbocycles. The number of benzene rings is 2. The standard InChI is InChI=1S/C20H16F3N7O/c1-10-19(11(2)29(26-10)17-7-4-13(21)8-16(17)23)20(31)24-14-5-6-15(22)18(9-14)30-12(3)25-27-28-30/h4-9H,1-3H3,(H,24,31). The Bertz CT molecular complexity index is 1310. The lowest BCUT2D eigenvalue weighted by molar-refractivity contribution is 0.102. The Morgan fingerprint density at radius 1 is 0.935 bits per heavy atom. The van der Waals surface area contributed by atoms with Gasteiger partial charge in [0.1, 0.15) is 23.0 Å². The van der Waals surface area contributed by atoms with Crippen LogP contribution in [-0.2, 0) is 0 Å². The molecule has 0 bridgehead atoms. The maximum Gasteiger partial charge on any atom is 0.259 e. The molecule has 1 N–H and O–H groups in total. The van der Waals surface area contributed by atoms with Crippen molar-refractivity contribution in [2.24, 2.45) is 0 Å². The maximum atomic E-state index is 14.3. The van der Waals surface area contributed by atoms with Crippen molar-refractivity contribution in [1.29, 1.82) is 0 Å². The first kappa shape index (κ1) is 20.3. The number of amides is 1. The number of hydrogen-bond donors (Lipinski definition) is 1. The predicted molar refractivity (Wildman–Crippen MR) is 105 cm³/mol. The third-order valence-corrected chi connectivity index (χ3v) is 4.71. The summed E-state index contributed by atoms with van der Waals surface area (Å²) < 4.78 is 44.1. The molecule has 0 aliphatic carbocycles. The largest absolute Gasteiger partial charge is 0.322 e. The van der Waals surface area contributed by atoms with Crippen LogP contribution in [0.15, 0.2) is 36.4 Å². The zero-order valence-corrected chi connectivity index (χ0v) is 16.7. The van der Waals surface area contributed by atoms with Crippen molar-refractivity contribution in [3.63, 3.8) is 0 Å². The van der Waals surface area contributed by atoms with Crippen LogP contribution in [0.25, 0.3) is 11.4 Å². The van der Waals surface area contributed by atoms with Crippen molar-refractivity contribution >= 4 is 11.6 Å². The Kier molecular flexibility index (Phi) is 5.01. The van der Waals surface area contributed by atoms with E-state index in [1.165, 1.54) is 33.6 Å². The second-order valence-electron chi connectivity index (χ2n) is 6.81. The zero-order chi connectivity index (χ0) is 22.3. The highest BCUT2D eigenvalue weighted by Crippen LogP contribution is 2.23. The van der Waals surface area contributed by atoms with Crippen molar-refractivity contribution in [1.82, 2.24) is 30.0 Å². The fraction of sp³-hybridized carbons (Fsp3) is 0.150. The van der Waals surface area contributed by atoms with Gasteiger partial charge in [0.05, 0.1) is 17.0 Å². The molecular formula is C20H16F3N7O. The van der Waals surface area contributed by atoms with Gasteiger partial charge in [-0.15, -0.1) is 5.10 Å². The van der Waals surface area contributed by atoms with Crippen LogP contribution in [0.4, 0.5) is 18.9 Å². The fourth-order valence-corrected chi connectivity index (χ4v) is 3.26. The molecule has 2 heterocycles. The van der Waals surface area contributed by atoms with E-state index in [4.69, 9.17) is 0 Å². The van der Waals surface area contributed by atoms with E-state index in [1.807, 2.05) is 0 Å². The van der Waals surface area contributed by atoms with Gasteiger partial charge in [-0.05, 0) is 61.5 Å². The number of nitrogens with zero attached hydrogens (tertiary/aromatic N) is 6. The number of rotatable bonds is 4. The van der Waals surface area contributed by atoms with Crippen molar-refractivity contribution in [3.8, 4) is 11.4 Å². The van der Waals surface area contributed by atoms with E-state index in [-0.39, 0.29) is 16.9 Å². The minimum absolute atomic E-state index is 0.0132. The van der Waals surface area contributed by atoms with E-state index < -0.39 is 23.4 Å². The summed E-state index contributed by atoms with van der Waals surface area (Å²) in [5.74, 6) is -2.24. The molecule has 158 valence electrons. The molecule has 0 spiro atoms. The molecule has 0 radical (unpaired) electrons. The van der Waals surface area contributed by atoms with Gasteiger partial charge in [-0.3, -0.25) is 4.79 Å². The van der Waals surface area contributed by atoms with E-state index in [9.17, 15) is 18.0 Å². The molecule has 0 aliphatic rings. The second kappa shape index (κ2) is 7.67. The first-order valence-electron chi connectivity index (χ1n) is 9.14. The van der Waals surface area contributed by atoms with Gasteiger partial charge in [0.15, 0.2) is 11.6 Å². The lowest BCUT2D eigenvalue weighted by atomic mass is 10.1. The van der Waals surface area contributed by atoms with E-state index in [1.54, 1.807) is 20.8 Å². The van der Waals surface area contributed by atoms with Crippen molar-refractivity contribution in [3.05, 3.63) is 76.6 Å². The van der Waals surface area contributed by atoms with Gasteiger partial charge < -0.3 is 5.32 Å². The van der Waals surface area contributed by atoms with Crippen LogP contribution in [0.5, 0.6) is 0 Å². The minimum Gasteiger partial charge on any atom is -0.322 e. The lowest BCUT2D eigenvalue weighted by Gasteiger charge is -2.10. The van der Waals surface area contributed by atoms with E-state index >= 15 is 0 Å². The summed E-state index contributed by atoms with van der Waals surface area (Å²) in [5.41, 5.74) is 1.30. The van der Waals surface area contributed by atoms with Crippen molar-refractivity contribution in [2.45, 2.75) is 20.8 Å². The van der Waals surface area contributed by atoms with Gasteiger partial charge in [0.25, 0.3) is 5.91 Å². The molecule has 0 saturated heterocycles. The Hall–Kier alpha value is -4.02. The third kappa shape index (κ3) is 3.65. The summed E-state index contributed by atoms with van der Waals surface area (Å²) in [7, 11) is 0. The van der Waals surface area contributed by atoms with Crippen molar-refractivity contribution in [2.75, 3.05) is 5.32 Å². The smallest absolute Gasteiger partial charge is 0.259 e. The number of halogens is 3. The Labute approximate surface area is 174 Å². The normalized spacial score (nSPS) is 11.0. The summed E-state index contributed by atoms with van der Waals surface area (Å²) in [5, 5.41) is 17.8. The van der Waals surface area contributed by atoms with Gasteiger partial charge in [0.2, 0.25) is 0 Å². The van der Waals surface area contributed by atoms with Crippen LogP contribution in [0.2, 0.25) is 0 Å². The van der Waals surface area contributed by atoms with Crippen LogP contribution < -0.4 is 5.32 Å². The quantitative estimate of drug-likeness (QED) is 0.539. The lowest BCUT2D eigenvalue weighted by Crippen LogP contribution is -2.15. The molecule has 8 nitrogen and oxygen atoms in total. The van der Waals surface area contributed by atoms with Crippen LogP contribution in [-0.4, -0.2) is 35.9 Å².